The molecule has 0 saturated heterocycles. The third-order valence-corrected chi connectivity index (χ3v) is 4.97. The molecule has 0 amide bonds. The number of aliphatic imine (C=N–C) groups is 1. The highest BCUT2D eigenvalue weighted by atomic mass is 16.5. The van der Waals surface area contributed by atoms with E-state index < -0.39 is 0 Å². The second-order valence-corrected chi connectivity index (χ2v) is 7.27. The minimum Gasteiger partial charge on any atom is -0.490 e. The first-order valence-electron chi connectivity index (χ1n) is 10.1. The summed E-state index contributed by atoms with van der Waals surface area (Å²) in [6, 6.07) is 6.31. The highest BCUT2D eigenvalue weighted by molar-refractivity contribution is 5.79. The van der Waals surface area contributed by atoms with E-state index >= 15 is 0 Å². The van der Waals surface area contributed by atoms with Gasteiger partial charge in [0.1, 0.15) is 5.75 Å². The van der Waals surface area contributed by atoms with Gasteiger partial charge in [0.2, 0.25) is 0 Å². The number of benzene rings is 1. The lowest BCUT2D eigenvalue weighted by Gasteiger charge is -2.17. The van der Waals surface area contributed by atoms with Gasteiger partial charge in [0.05, 0.1) is 18.3 Å². The molecule has 6 nitrogen and oxygen atoms in total. The Kier molecular flexibility index (Phi) is 7.91. The molecule has 2 rings (SSSR count). The minimum absolute atomic E-state index is 0.187. The van der Waals surface area contributed by atoms with Gasteiger partial charge in [0, 0.05) is 37.0 Å². The number of aromatic nitrogens is 2. The zero-order valence-corrected chi connectivity index (χ0v) is 18.4. The van der Waals surface area contributed by atoms with Crippen molar-refractivity contribution in [3.63, 3.8) is 0 Å². The van der Waals surface area contributed by atoms with Crippen LogP contribution in [0.3, 0.4) is 0 Å². The first-order chi connectivity index (χ1) is 13.3. The van der Waals surface area contributed by atoms with Crippen LogP contribution in [-0.2, 0) is 20.1 Å². The Hall–Kier alpha value is -2.50. The van der Waals surface area contributed by atoms with Gasteiger partial charge in [-0.2, -0.15) is 5.10 Å². The first-order valence-corrected chi connectivity index (χ1v) is 10.1. The summed E-state index contributed by atoms with van der Waals surface area (Å²) in [5, 5.41) is 11.2. The van der Waals surface area contributed by atoms with Crippen LogP contribution in [0.15, 0.2) is 23.2 Å². The molecule has 0 bridgehead atoms. The van der Waals surface area contributed by atoms with E-state index in [1.54, 1.807) is 0 Å². The minimum atomic E-state index is 0.187. The second-order valence-electron chi connectivity index (χ2n) is 7.27. The molecule has 1 aromatic heterocycles. The van der Waals surface area contributed by atoms with Crippen molar-refractivity contribution < 1.29 is 4.74 Å². The van der Waals surface area contributed by atoms with Crippen molar-refractivity contribution in [3.8, 4) is 5.75 Å². The lowest BCUT2D eigenvalue weighted by Crippen LogP contribution is -2.37. The van der Waals surface area contributed by atoms with Crippen LogP contribution in [0.25, 0.3) is 0 Å². The number of nitrogens with one attached hydrogen (secondary N) is 2. The highest BCUT2D eigenvalue weighted by Crippen LogP contribution is 2.23. The molecule has 1 heterocycles. The molecule has 0 fully saturated rings. The van der Waals surface area contributed by atoms with Crippen LogP contribution in [0.4, 0.5) is 0 Å². The van der Waals surface area contributed by atoms with E-state index in [4.69, 9.17) is 9.73 Å². The fourth-order valence-electron chi connectivity index (χ4n) is 2.95. The van der Waals surface area contributed by atoms with Crippen molar-refractivity contribution in [2.45, 2.75) is 67.2 Å². The van der Waals surface area contributed by atoms with Crippen LogP contribution in [-0.4, -0.2) is 28.4 Å². The molecule has 0 radical (unpaired) electrons. The average Bonchev–Trinajstić information content (AvgIpc) is 2.90. The van der Waals surface area contributed by atoms with Gasteiger partial charge in [-0.15, -0.1) is 0 Å². The summed E-state index contributed by atoms with van der Waals surface area (Å²) in [5.41, 5.74) is 5.72. The summed E-state index contributed by atoms with van der Waals surface area (Å²) in [6.45, 7) is 14.6. The molecular weight excluding hydrogens is 350 g/mol. The van der Waals surface area contributed by atoms with Gasteiger partial charge >= 0.3 is 0 Å². The monoisotopic (exact) mass is 385 g/mol. The van der Waals surface area contributed by atoms with Crippen molar-refractivity contribution in [2.24, 2.45) is 12.0 Å². The van der Waals surface area contributed by atoms with Gasteiger partial charge in [-0.05, 0) is 52.7 Å². The predicted molar refractivity (Wildman–Crippen MR) is 116 cm³/mol. The molecule has 0 aliphatic heterocycles. The zero-order chi connectivity index (χ0) is 20.7. The second kappa shape index (κ2) is 10.2. The number of hydrogen-bond donors (Lipinski definition) is 2. The van der Waals surface area contributed by atoms with Crippen LogP contribution in [0.5, 0.6) is 5.75 Å². The molecule has 0 spiro atoms. The van der Waals surface area contributed by atoms with Crippen LogP contribution in [0, 0.1) is 20.8 Å². The summed E-state index contributed by atoms with van der Waals surface area (Å²) >= 11 is 0. The number of rotatable bonds is 8. The number of guanidine groups is 1. The van der Waals surface area contributed by atoms with Crippen molar-refractivity contribution in [3.05, 3.63) is 46.3 Å². The van der Waals surface area contributed by atoms with E-state index in [9.17, 15) is 0 Å². The van der Waals surface area contributed by atoms with Crippen LogP contribution in [0.2, 0.25) is 0 Å². The fraction of sp³-hybridized carbons (Fsp3) is 0.545. The Bertz CT molecular complexity index is 809. The Balaban J connectivity index is 2.14. The SMILES string of the molecule is CCNC(=NCc1ccc(C)cc1OC(C)CC)NCc1c(C)nn(C)c1C. The first kappa shape index (κ1) is 21.8. The normalized spacial score (nSPS) is 12.8. The smallest absolute Gasteiger partial charge is 0.191 e. The van der Waals surface area contributed by atoms with Gasteiger partial charge in [-0.25, -0.2) is 4.99 Å². The molecule has 2 aromatic rings. The van der Waals surface area contributed by atoms with E-state index in [-0.39, 0.29) is 6.10 Å². The summed E-state index contributed by atoms with van der Waals surface area (Å²) < 4.78 is 8.03. The van der Waals surface area contributed by atoms with E-state index in [1.807, 2.05) is 18.7 Å². The van der Waals surface area contributed by atoms with Crippen molar-refractivity contribution in [1.29, 1.82) is 0 Å². The van der Waals surface area contributed by atoms with Crippen molar-refractivity contribution in [2.75, 3.05) is 6.54 Å². The quantitative estimate of drug-likeness (QED) is 0.536. The van der Waals surface area contributed by atoms with Gasteiger partial charge in [-0.3, -0.25) is 4.68 Å². The van der Waals surface area contributed by atoms with E-state index in [1.165, 1.54) is 16.8 Å². The van der Waals surface area contributed by atoms with Crippen molar-refractivity contribution >= 4 is 5.96 Å². The molecule has 28 heavy (non-hydrogen) atoms. The van der Waals surface area contributed by atoms with Crippen LogP contribution >= 0.6 is 0 Å². The van der Waals surface area contributed by atoms with Crippen LogP contribution in [0.1, 0.15) is 55.3 Å². The van der Waals surface area contributed by atoms with E-state index in [0.717, 1.165) is 35.9 Å². The number of aryl methyl sites for hydroxylation is 3. The Morgan fingerprint density at radius 3 is 2.57 bits per heavy atom. The molecule has 1 aromatic carbocycles. The third kappa shape index (κ3) is 5.75. The third-order valence-electron chi connectivity index (χ3n) is 4.97. The number of hydrogen-bond acceptors (Lipinski definition) is 3. The van der Waals surface area contributed by atoms with E-state index in [2.05, 4.69) is 68.6 Å². The maximum absolute atomic E-state index is 6.11. The lowest BCUT2D eigenvalue weighted by atomic mass is 10.1. The summed E-state index contributed by atoms with van der Waals surface area (Å²) in [4.78, 5) is 4.78. The van der Waals surface area contributed by atoms with Gasteiger partial charge in [0.15, 0.2) is 5.96 Å². The predicted octanol–water partition coefficient (Wildman–Crippen LogP) is 3.78. The molecule has 154 valence electrons. The Labute approximate surface area is 169 Å². The standard InChI is InChI=1S/C22H35N5O/c1-8-16(4)28-21-12-15(3)10-11-19(21)13-24-22(23-9-2)25-14-20-17(5)26-27(7)18(20)6/h10-12,16H,8-9,13-14H2,1-7H3,(H2,23,24,25). The Morgan fingerprint density at radius 1 is 1.21 bits per heavy atom. The van der Waals surface area contributed by atoms with Crippen LogP contribution < -0.4 is 15.4 Å². The molecule has 1 unspecified atom stereocenters. The largest absolute Gasteiger partial charge is 0.490 e. The molecule has 0 saturated carbocycles. The maximum Gasteiger partial charge on any atom is 0.191 e. The Morgan fingerprint density at radius 2 is 1.96 bits per heavy atom. The summed E-state index contributed by atoms with van der Waals surface area (Å²) in [6.07, 6.45) is 1.16. The molecule has 6 heteroatoms. The molecule has 1 atom stereocenters. The molecule has 0 aliphatic carbocycles. The maximum atomic E-state index is 6.11. The van der Waals surface area contributed by atoms with Gasteiger partial charge in [0.25, 0.3) is 0 Å². The van der Waals surface area contributed by atoms with Gasteiger partial charge in [-0.1, -0.05) is 19.1 Å². The lowest BCUT2D eigenvalue weighted by molar-refractivity contribution is 0.215. The van der Waals surface area contributed by atoms with Crippen molar-refractivity contribution in [1.82, 2.24) is 20.4 Å². The number of nitrogens with zero attached hydrogens (tertiary/aromatic N) is 3. The topological polar surface area (TPSA) is 63.5 Å². The number of ether oxygens (including phenoxy) is 1. The highest BCUT2D eigenvalue weighted by Gasteiger charge is 2.11. The molecular formula is C22H35N5O. The summed E-state index contributed by atoms with van der Waals surface area (Å²) in [7, 11) is 1.97. The van der Waals surface area contributed by atoms with Gasteiger partial charge < -0.3 is 15.4 Å². The average molecular weight is 386 g/mol. The molecule has 2 N–H and O–H groups in total. The fourth-order valence-corrected chi connectivity index (χ4v) is 2.95. The molecule has 0 aliphatic rings. The van der Waals surface area contributed by atoms with E-state index in [0.29, 0.717) is 13.1 Å². The summed E-state index contributed by atoms with van der Waals surface area (Å²) in [5.74, 6) is 1.72. The zero-order valence-electron chi connectivity index (χ0n) is 18.4.